The first-order valence-electron chi connectivity index (χ1n) is 6.61. The van der Waals surface area contributed by atoms with Crippen LogP contribution < -0.4 is 5.32 Å². The molecule has 0 bridgehead atoms. The van der Waals surface area contributed by atoms with E-state index in [9.17, 15) is 8.78 Å². The lowest BCUT2D eigenvalue weighted by atomic mass is 9.97. The molecule has 0 atom stereocenters. The first-order chi connectivity index (χ1) is 9.15. The molecule has 1 aliphatic heterocycles. The van der Waals surface area contributed by atoms with Crippen LogP contribution in [0.25, 0.3) is 0 Å². The van der Waals surface area contributed by atoms with Crippen molar-refractivity contribution in [1.82, 2.24) is 4.90 Å². The third-order valence-electron chi connectivity index (χ3n) is 3.52. The van der Waals surface area contributed by atoms with Gasteiger partial charge in [-0.25, -0.2) is 0 Å². The Bertz CT molecular complexity index is 393. The Morgan fingerprint density at radius 3 is 2.68 bits per heavy atom. The highest BCUT2D eigenvalue weighted by atomic mass is 32.2. The lowest BCUT2D eigenvalue weighted by Gasteiger charge is -2.29. The summed E-state index contributed by atoms with van der Waals surface area (Å²) in [4.78, 5) is 2.96. The molecule has 0 unspecified atom stereocenters. The minimum atomic E-state index is -2.37. The average molecular weight is 286 g/mol. The van der Waals surface area contributed by atoms with Crippen molar-refractivity contribution in [1.29, 1.82) is 0 Å². The Morgan fingerprint density at radius 2 is 2.00 bits per heavy atom. The molecular formula is C14H20F2N2S. The highest BCUT2D eigenvalue weighted by Crippen LogP contribution is 2.32. The minimum absolute atomic E-state index is 0.608. The number of rotatable bonds is 5. The van der Waals surface area contributed by atoms with E-state index in [2.05, 4.69) is 17.3 Å². The van der Waals surface area contributed by atoms with Crippen LogP contribution in [0.1, 0.15) is 12.8 Å². The second-order valence-corrected chi connectivity index (χ2v) is 6.03. The number of para-hydroxylation sites is 1. The molecule has 0 amide bonds. The zero-order valence-corrected chi connectivity index (χ0v) is 11.9. The Labute approximate surface area is 117 Å². The van der Waals surface area contributed by atoms with Gasteiger partial charge in [-0.2, -0.15) is 8.78 Å². The number of halogens is 2. The number of anilines is 1. The molecule has 1 fully saturated rings. The van der Waals surface area contributed by atoms with Crippen LogP contribution in [-0.2, 0) is 0 Å². The number of nitrogens with one attached hydrogen (secondary N) is 1. The molecule has 1 N–H and O–H groups in total. The molecule has 0 aromatic heterocycles. The Balaban J connectivity index is 1.88. The van der Waals surface area contributed by atoms with Crippen molar-refractivity contribution >= 4 is 17.4 Å². The summed E-state index contributed by atoms with van der Waals surface area (Å²) in [5.41, 5.74) is 0.826. The van der Waals surface area contributed by atoms with Crippen LogP contribution in [0.5, 0.6) is 0 Å². The lowest BCUT2D eigenvalue weighted by Crippen LogP contribution is -2.33. The summed E-state index contributed by atoms with van der Waals surface area (Å²) in [6.45, 7) is 3.12. The van der Waals surface area contributed by atoms with E-state index in [4.69, 9.17) is 0 Å². The third-order valence-corrected chi connectivity index (χ3v) is 4.31. The van der Waals surface area contributed by atoms with Crippen molar-refractivity contribution in [2.24, 2.45) is 5.92 Å². The number of piperidine rings is 1. The average Bonchev–Trinajstić information content (AvgIpc) is 2.39. The number of nitrogens with zero attached hydrogens (tertiary/aromatic N) is 1. The van der Waals surface area contributed by atoms with Gasteiger partial charge in [0.05, 0.1) is 0 Å². The van der Waals surface area contributed by atoms with Gasteiger partial charge in [-0.3, -0.25) is 0 Å². The third kappa shape index (κ3) is 4.66. The first kappa shape index (κ1) is 14.6. The molecule has 2 rings (SSSR count). The second-order valence-electron chi connectivity index (χ2n) is 5.00. The molecule has 0 spiro atoms. The standard InChI is InChI=1S/C14H20F2N2S/c1-18-8-6-11(7-9-18)10-17-12-4-2-3-5-13(12)19-14(15)16/h2-5,11,14,17H,6-10H2,1H3. The predicted molar refractivity (Wildman–Crippen MR) is 77.0 cm³/mol. The summed E-state index contributed by atoms with van der Waals surface area (Å²) in [5, 5.41) is 3.33. The van der Waals surface area contributed by atoms with Gasteiger partial charge < -0.3 is 10.2 Å². The van der Waals surface area contributed by atoms with Crippen LogP contribution in [0.15, 0.2) is 29.2 Å². The van der Waals surface area contributed by atoms with Gasteiger partial charge in [-0.05, 0) is 51.0 Å². The van der Waals surface area contributed by atoms with E-state index in [-0.39, 0.29) is 0 Å². The molecule has 1 saturated heterocycles. The van der Waals surface area contributed by atoms with E-state index < -0.39 is 5.76 Å². The molecule has 0 radical (unpaired) electrons. The zero-order chi connectivity index (χ0) is 13.7. The predicted octanol–water partition coefficient (Wildman–Crippen LogP) is 3.76. The van der Waals surface area contributed by atoms with E-state index in [0.717, 1.165) is 25.3 Å². The fourth-order valence-corrected chi connectivity index (χ4v) is 2.95. The summed E-state index contributed by atoms with van der Waals surface area (Å²) in [7, 11) is 2.14. The number of likely N-dealkylation sites (tertiary alicyclic amines) is 1. The SMILES string of the molecule is CN1CCC(CNc2ccccc2SC(F)F)CC1. The summed E-state index contributed by atoms with van der Waals surface area (Å²) < 4.78 is 24.9. The lowest BCUT2D eigenvalue weighted by molar-refractivity contribution is 0.226. The molecule has 1 aromatic rings. The van der Waals surface area contributed by atoms with Crippen LogP contribution in [-0.4, -0.2) is 37.3 Å². The normalized spacial score (nSPS) is 17.9. The van der Waals surface area contributed by atoms with Crippen molar-refractivity contribution in [3.63, 3.8) is 0 Å². The maximum atomic E-state index is 12.5. The van der Waals surface area contributed by atoms with E-state index in [1.807, 2.05) is 12.1 Å². The number of hydrogen-bond donors (Lipinski definition) is 1. The van der Waals surface area contributed by atoms with Crippen LogP contribution in [0.4, 0.5) is 14.5 Å². The molecule has 1 aliphatic rings. The van der Waals surface area contributed by atoms with Crippen LogP contribution in [0.3, 0.4) is 0 Å². The Kier molecular flexibility index (Phi) is 5.45. The van der Waals surface area contributed by atoms with Gasteiger partial charge in [-0.1, -0.05) is 23.9 Å². The summed E-state index contributed by atoms with van der Waals surface area (Å²) in [6.07, 6.45) is 2.35. The molecule has 5 heteroatoms. The fourth-order valence-electron chi connectivity index (χ4n) is 2.33. The summed E-state index contributed by atoms with van der Waals surface area (Å²) in [5.74, 6) is -1.73. The van der Waals surface area contributed by atoms with E-state index >= 15 is 0 Å². The van der Waals surface area contributed by atoms with Crippen molar-refractivity contribution in [3.05, 3.63) is 24.3 Å². The second kappa shape index (κ2) is 7.10. The number of alkyl halides is 2. The quantitative estimate of drug-likeness (QED) is 0.830. The topological polar surface area (TPSA) is 15.3 Å². The van der Waals surface area contributed by atoms with Crippen LogP contribution in [0, 0.1) is 5.92 Å². The number of benzene rings is 1. The Hall–Kier alpha value is -0.810. The molecule has 1 heterocycles. The fraction of sp³-hybridized carbons (Fsp3) is 0.571. The van der Waals surface area contributed by atoms with Gasteiger partial charge in [0.15, 0.2) is 0 Å². The van der Waals surface area contributed by atoms with Crippen molar-refractivity contribution < 1.29 is 8.78 Å². The highest BCUT2D eigenvalue weighted by molar-refractivity contribution is 7.99. The maximum absolute atomic E-state index is 12.5. The van der Waals surface area contributed by atoms with Gasteiger partial charge >= 0.3 is 0 Å². The monoisotopic (exact) mass is 286 g/mol. The molecule has 106 valence electrons. The Morgan fingerprint density at radius 1 is 1.32 bits per heavy atom. The zero-order valence-electron chi connectivity index (χ0n) is 11.1. The molecule has 0 saturated carbocycles. The van der Waals surface area contributed by atoms with Gasteiger partial charge in [0.25, 0.3) is 5.76 Å². The largest absolute Gasteiger partial charge is 0.384 e. The van der Waals surface area contributed by atoms with E-state index in [1.54, 1.807) is 12.1 Å². The number of thioether (sulfide) groups is 1. The van der Waals surface area contributed by atoms with E-state index in [1.165, 1.54) is 12.8 Å². The summed E-state index contributed by atoms with van der Waals surface area (Å²) >= 11 is 0.608. The van der Waals surface area contributed by atoms with Crippen LogP contribution >= 0.6 is 11.8 Å². The maximum Gasteiger partial charge on any atom is 0.288 e. The first-order valence-corrected chi connectivity index (χ1v) is 7.49. The molecule has 19 heavy (non-hydrogen) atoms. The van der Waals surface area contributed by atoms with Crippen molar-refractivity contribution in [3.8, 4) is 0 Å². The van der Waals surface area contributed by atoms with E-state index in [0.29, 0.717) is 22.6 Å². The van der Waals surface area contributed by atoms with Gasteiger partial charge in [0.2, 0.25) is 0 Å². The molecule has 0 aliphatic carbocycles. The highest BCUT2D eigenvalue weighted by Gasteiger charge is 2.17. The molecule has 2 nitrogen and oxygen atoms in total. The van der Waals surface area contributed by atoms with Crippen LogP contribution in [0.2, 0.25) is 0 Å². The smallest absolute Gasteiger partial charge is 0.288 e. The van der Waals surface area contributed by atoms with Crippen molar-refractivity contribution in [2.45, 2.75) is 23.5 Å². The van der Waals surface area contributed by atoms with Gasteiger partial charge in [0, 0.05) is 17.1 Å². The molecule has 1 aromatic carbocycles. The van der Waals surface area contributed by atoms with Gasteiger partial charge in [-0.15, -0.1) is 0 Å². The number of hydrogen-bond acceptors (Lipinski definition) is 3. The van der Waals surface area contributed by atoms with Crippen molar-refractivity contribution in [2.75, 3.05) is 32.0 Å². The molecular weight excluding hydrogens is 266 g/mol. The van der Waals surface area contributed by atoms with Gasteiger partial charge in [0.1, 0.15) is 0 Å². The minimum Gasteiger partial charge on any atom is -0.384 e. The summed E-state index contributed by atoms with van der Waals surface area (Å²) in [6, 6.07) is 7.30.